The monoisotopic (exact) mass is 372 g/mol. The number of fused-ring (bicyclic) bond motifs is 1. The zero-order valence-corrected chi connectivity index (χ0v) is 15.5. The van der Waals surface area contributed by atoms with E-state index in [1.54, 1.807) is 7.11 Å². The summed E-state index contributed by atoms with van der Waals surface area (Å²) in [4.78, 5) is 0. The third-order valence-electron chi connectivity index (χ3n) is 5.61. The second-order valence-corrected chi connectivity index (χ2v) is 7.88. The lowest BCUT2D eigenvalue weighted by molar-refractivity contribution is 0.00796. The molecule has 1 aliphatic heterocycles. The van der Waals surface area contributed by atoms with Gasteiger partial charge in [-0.3, -0.25) is 0 Å². The van der Waals surface area contributed by atoms with Crippen molar-refractivity contribution in [3.05, 3.63) is 40.0 Å². The molecule has 2 aromatic rings. The predicted octanol–water partition coefficient (Wildman–Crippen LogP) is 4.26. The van der Waals surface area contributed by atoms with Gasteiger partial charge in [0.1, 0.15) is 11.4 Å². The summed E-state index contributed by atoms with van der Waals surface area (Å²) in [5.74, 6) is 1.45. The van der Waals surface area contributed by atoms with Crippen LogP contribution in [0.25, 0.3) is 11.3 Å². The van der Waals surface area contributed by atoms with Crippen molar-refractivity contribution in [2.75, 3.05) is 13.9 Å². The van der Waals surface area contributed by atoms with E-state index in [1.165, 1.54) is 18.4 Å². The summed E-state index contributed by atoms with van der Waals surface area (Å²) in [5.41, 5.74) is 5.21. The van der Waals surface area contributed by atoms with Gasteiger partial charge >= 0.3 is 0 Å². The zero-order chi connectivity index (χ0) is 17.7. The fourth-order valence-corrected chi connectivity index (χ4v) is 3.95. The number of aromatic nitrogens is 2. The number of methoxy groups -OCH3 is 1. The average molecular weight is 373 g/mol. The van der Waals surface area contributed by atoms with E-state index in [4.69, 9.17) is 25.8 Å². The van der Waals surface area contributed by atoms with E-state index >= 15 is 0 Å². The standard InChI is InChI=1S/C20H21ClN2O3/c1-24-11-25-17-8-13(12-2-3-12)4-5-14(17)18-15-9-20(6-7-20)26-10-16(15)19(21)23-22-18/h4-5,8,12H,2-3,6-7,9-11H2,1H3. The van der Waals surface area contributed by atoms with E-state index in [0.717, 1.165) is 47.4 Å². The largest absolute Gasteiger partial charge is 0.467 e. The van der Waals surface area contributed by atoms with Gasteiger partial charge < -0.3 is 14.2 Å². The highest BCUT2D eigenvalue weighted by molar-refractivity contribution is 6.30. The Morgan fingerprint density at radius 2 is 2.08 bits per heavy atom. The molecule has 6 heteroatoms. The summed E-state index contributed by atoms with van der Waals surface area (Å²) in [6, 6.07) is 6.41. The summed E-state index contributed by atoms with van der Waals surface area (Å²) < 4.78 is 17.0. The first-order valence-electron chi connectivity index (χ1n) is 9.13. The third-order valence-corrected chi connectivity index (χ3v) is 5.91. The number of benzene rings is 1. The van der Waals surface area contributed by atoms with Gasteiger partial charge in [-0.2, -0.15) is 0 Å². The lowest BCUT2D eigenvalue weighted by Crippen LogP contribution is -2.25. The molecule has 2 heterocycles. The first-order valence-corrected chi connectivity index (χ1v) is 9.51. The molecule has 0 radical (unpaired) electrons. The Labute approximate surface area is 157 Å². The van der Waals surface area contributed by atoms with Crippen molar-refractivity contribution in [2.45, 2.75) is 50.2 Å². The normalized spacial score (nSPS) is 20.1. The van der Waals surface area contributed by atoms with Crippen molar-refractivity contribution >= 4 is 11.6 Å². The summed E-state index contributed by atoms with van der Waals surface area (Å²) in [7, 11) is 1.63. The van der Waals surface area contributed by atoms with E-state index in [0.29, 0.717) is 17.7 Å². The number of hydrogen-bond acceptors (Lipinski definition) is 5. The number of hydrogen-bond donors (Lipinski definition) is 0. The van der Waals surface area contributed by atoms with Crippen LogP contribution in [-0.2, 0) is 22.5 Å². The molecular formula is C20H21ClN2O3. The van der Waals surface area contributed by atoms with Gasteiger partial charge in [-0.25, -0.2) is 0 Å². The van der Waals surface area contributed by atoms with Crippen LogP contribution < -0.4 is 4.74 Å². The molecule has 1 spiro atoms. The van der Waals surface area contributed by atoms with Crippen molar-refractivity contribution in [1.82, 2.24) is 10.2 Å². The molecule has 2 aliphatic carbocycles. The fraction of sp³-hybridized carbons (Fsp3) is 0.500. The summed E-state index contributed by atoms with van der Waals surface area (Å²) >= 11 is 6.31. The van der Waals surface area contributed by atoms with Crippen LogP contribution >= 0.6 is 11.6 Å². The first kappa shape index (κ1) is 16.5. The lowest BCUT2D eigenvalue weighted by Gasteiger charge is -2.27. The van der Waals surface area contributed by atoms with Crippen LogP contribution in [0.1, 0.15) is 48.3 Å². The van der Waals surface area contributed by atoms with Crippen LogP contribution in [0.2, 0.25) is 5.15 Å². The van der Waals surface area contributed by atoms with Crippen LogP contribution in [0.4, 0.5) is 0 Å². The quantitative estimate of drug-likeness (QED) is 0.734. The summed E-state index contributed by atoms with van der Waals surface area (Å²) in [6.07, 6.45) is 5.53. The molecule has 26 heavy (non-hydrogen) atoms. The van der Waals surface area contributed by atoms with Gasteiger partial charge in [0.15, 0.2) is 11.9 Å². The number of nitrogens with zero attached hydrogens (tertiary/aromatic N) is 2. The van der Waals surface area contributed by atoms with Gasteiger partial charge in [0.05, 0.1) is 12.2 Å². The van der Waals surface area contributed by atoms with Gasteiger partial charge in [0.25, 0.3) is 0 Å². The third kappa shape index (κ3) is 2.88. The molecule has 136 valence electrons. The molecule has 0 unspecified atom stereocenters. The van der Waals surface area contributed by atoms with Crippen LogP contribution in [-0.4, -0.2) is 29.7 Å². The Morgan fingerprint density at radius 1 is 1.23 bits per heavy atom. The maximum Gasteiger partial charge on any atom is 0.188 e. The number of rotatable bonds is 5. The van der Waals surface area contributed by atoms with E-state index in [1.807, 2.05) is 0 Å². The van der Waals surface area contributed by atoms with Gasteiger partial charge in [0.2, 0.25) is 0 Å². The molecule has 5 nitrogen and oxygen atoms in total. The molecular weight excluding hydrogens is 352 g/mol. The second-order valence-electron chi connectivity index (χ2n) is 7.53. The van der Waals surface area contributed by atoms with Crippen molar-refractivity contribution in [1.29, 1.82) is 0 Å². The van der Waals surface area contributed by atoms with Crippen molar-refractivity contribution < 1.29 is 14.2 Å². The van der Waals surface area contributed by atoms with Crippen LogP contribution in [0.3, 0.4) is 0 Å². The fourth-order valence-electron chi connectivity index (χ4n) is 3.74. The van der Waals surface area contributed by atoms with Crippen molar-refractivity contribution in [2.24, 2.45) is 0 Å². The SMILES string of the molecule is COCOc1cc(C2CC2)ccc1-c1nnc(Cl)c2c1CC1(CC1)OC2. The van der Waals surface area contributed by atoms with Gasteiger partial charge in [-0.1, -0.05) is 17.7 Å². The minimum Gasteiger partial charge on any atom is -0.467 e. The molecule has 5 rings (SSSR count). The molecule has 0 saturated heterocycles. The Balaban J connectivity index is 1.61. The molecule has 0 N–H and O–H groups in total. The van der Waals surface area contributed by atoms with Crippen LogP contribution in [0.15, 0.2) is 18.2 Å². The molecule has 0 atom stereocenters. The molecule has 2 fully saturated rings. The van der Waals surface area contributed by atoms with Crippen molar-refractivity contribution in [3.8, 4) is 17.0 Å². The number of halogens is 1. The number of ether oxygens (including phenoxy) is 3. The van der Waals surface area contributed by atoms with Gasteiger partial charge in [-0.15, -0.1) is 10.2 Å². The first-order chi connectivity index (χ1) is 12.7. The smallest absolute Gasteiger partial charge is 0.188 e. The second kappa shape index (κ2) is 6.19. The Hall–Kier alpha value is -1.69. The molecule has 0 bridgehead atoms. The highest BCUT2D eigenvalue weighted by Gasteiger charge is 2.48. The van der Waals surface area contributed by atoms with Crippen molar-refractivity contribution in [3.63, 3.8) is 0 Å². The maximum atomic E-state index is 6.31. The highest BCUT2D eigenvalue weighted by atomic mass is 35.5. The summed E-state index contributed by atoms with van der Waals surface area (Å²) in [6.45, 7) is 0.711. The molecule has 1 aromatic heterocycles. The van der Waals surface area contributed by atoms with Gasteiger partial charge in [0, 0.05) is 24.7 Å². The predicted molar refractivity (Wildman–Crippen MR) is 97.4 cm³/mol. The highest BCUT2D eigenvalue weighted by Crippen LogP contribution is 2.50. The Morgan fingerprint density at radius 3 is 2.81 bits per heavy atom. The van der Waals surface area contributed by atoms with Crippen LogP contribution in [0.5, 0.6) is 5.75 Å². The van der Waals surface area contributed by atoms with E-state index in [-0.39, 0.29) is 12.4 Å². The molecule has 1 aromatic carbocycles. The molecule has 0 amide bonds. The minimum absolute atomic E-state index is 0.0182. The average Bonchev–Trinajstić information content (AvgIpc) is 3.57. The van der Waals surface area contributed by atoms with Gasteiger partial charge in [-0.05, 0) is 54.9 Å². The maximum absolute atomic E-state index is 6.31. The Bertz CT molecular complexity index is 862. The Kier molecular flexibility index (Phi) is 3.92. The van der Waals surface area contributed by atoms with Crippen LogP contribution in [0, 0.1) is 0 Å². The molecule has 2 saturated carbocycles. The van der Waals surface area contributed by atoms with E-state index in [9.17, 15) is 0 Å². The van der Waals surface area contributed by atoms with E-state index < -0.39 is 0 Å². The summed E-state index contributed by atoms with van der Waals surface area (Å²) in [5, 5.41) is 9.07. The lowest BCUT2D eigenvalue weighted by atomic mass is 9.93. The zero-order valence-electron chi connectivity index (χ0n) is 14.8. The minimum atomic E-state index is -0.0182. The van der Waals surface area contributed by atoms with E-state index in [2.05, 4.69) is 28.4 Å². The topological polar surface area (TPSA) is 53.5 Å². The molecule has 3 aliphatic rings.